The summed E-state index contributed by atoms with van der Waals surface area (Å²) < 4.78 is 34.3. The Morgan fingerprint density at radius 3 is 2.70 bits per heavy atom. The van der Waals surface area contributed by atoms with E-state index in [-0.39, 0.29) is 43.4 Å². The average Bonchev–Trinajstić information content (AvgIpc) is 3.67. The highest BCUT2D eigenvalue weighted by Gasteiger charge is 2.45. The normalized spacial score (nSPS) is 20.4. The van der Waals surface area contributed by atoms with Crippen LogP contribution in [0, 0.1) is 11.6 Å². The fraction of sp³-hybridized carbons (Fsp3) is 0.375. The minimum absolute atomic E-state index is 0.0291. The van der Waals surface area contributed by atoms with Gasteiger partial charge >= 0.3 is 0 Å². The quantitative estimate of drug-likeness (QED) is 0.333. The minimum atomic E-state index is -1.14. The third kappa shape index (κ3) is 5.16. The molecule has 4 heterocycles. The Balaban J connectivity index is 1.03. The van der Waals surface area contributed by atoms with E-state index in [0.29, 0.717) is 36.7 Å². The van der Waals surface area contributed by atoms with E-state index in [1.165, 1.54) is 7.11 Å². The minimum Gasteiger partial charge on any atom is -0.367 e. The van der Waals surface area contributed by atoms with Crippen LogP contribution in [-0.4, -0.2) is 75.7 Å². The van der Waals surface area contributed by atoms with Crippen LogP contribution >= 0.6 is 0 Å². The number of aromatic amines is 1. The van der Waals surface area contributed by atoms with Crippen molar-refractivity contribution in [2.45, 2.75) is 43.7 Å². The lowest BCUT2D eigenvalue weighted by atomic mass is 9.98. The molecule has 0 spiro atoms. The second-order valence-corrected chi connectivity index (χ2v) is 11.7. The number of rotatable bonds is 7. The lowest BCUT2D eigenvalue weighted by Gasteiger charge is -2.31. The van der Waals surface area contributed by atoms with E-state index in [1.807, 2.05) is 35.4 Å². The molecule has 2 aromatic heterocycles. The van der Waals surface area contributed by atoms with Crippen LogP contribution in [-0.2, 0) is 27.3 Å². The molecule has 2 N–H and O–H groups in total. The van der Waals surface area contributed by atoms with Crippen LogP contribution in [0.2, 0.25) is 0 Å². The molecule has 3 aliphatic rings. The van der Waals surface area contributed by atoms with Crippen LogP contribution in [0.5, 0.6) is 0 Å². The predicted molar refractivity (Wildman–Crippen MR) is 156 cm³/mol. The number of carbonyl (C=O) groups excluding carboxylic acids is 2. The number of anilines is 1. The van der Waals surface area contributed by atoms with Crippen molar-refractivity contribution in [1.29, 1.82) is 0 Å². The zero-order valence-electron chi connectivity index (χ0n) is 23.8. The van der Waals surface area contributed by atoms with Gasteiger partial charge in [0.05, 0.1) is 12.1 Å². The van der Waals surface area contributed by atoms with Gasteiger partial charge in [-0.3, -0.25) is 24.6 Å². The van der Waals surface area contributed by atoms with Gasteiger partial charge in [0.15, 0.2) is 5.60 Å². The summed E-state index contributed by atoms with van der Waals surface area (Å²) in [6, 6.07) is 11.9. The summed E-state index contributed by atoms with van der Waals surface area (Å²) in [7, 11) is 1.50. The molecule has 0 unspecified atom stereocenters. The third-order valence-corrected chi connectivity index (χ3v) is 9.00. The number of ether oxygens (including phenoxy) is 1. The van der Waals surface area contributed by atoms with E-state index in [1.54, 1.807) is 4.90 Å². The Bertz CT molecular complexity index is 1740. The van der Waals surface area contributed by atoms with Gasteiger partial charge in [0.2, 0.25) is 5.91 Å². The van der Waals surface area contributed by atoms with Gasteiger partial charge in [-0.1, -0.05) is 0 Å². The van der Waals surface area contributed by atoms with Crippen LogP contribution in [0.15, 0.2) is 48.7 Å². The Labute approximate surface area is 247 Å². The molecule has 2 fully saturated rings. The number of carbonyl (C=O) groups is 2. The molecule has 11 heteroatoms. The Kier molecular flexibility index (Phi) is 6.94. The van der Waals surface area contributed by atoms with Gasteiger partial charge < -0.3 is 15.0 Å². The van der Waals surface area contributed by atoms with Crippen LogP contribution < -0.4 is 5.32 Å². The Morgan fingerprint density at radius 1 is 1.09 bits per heavy atom. The smallest absolute Gasteiger partial charge is 0.258 e. The van der Waals surface area contributed by atoms with E-state index in [2.05, 4.69) is 26.6 Å². The van der Waals surface area contributed by atoms with Crippen molar-refractivity contribution >= 4 is 28.4 Å². The second kappa shape index (κ2) is 10.8. The van der Waals surface area contributed by atoms with Gasteiger partial charge in [-0.2, -0.15) is 5.10 Å². The molecule has 9 nitrogen and oxygen atoms in total. The molecule has 0 bridgehead atoms. The van der Waals surface area contributed by atoms with Crippen LogP contribution in [0.3, 0.4) is 0 Å². The number of hydrogen-bond acceptors (Lipinski definition) is 6. The number of likely N-dealkylation sites (tertiary alicyclic amines) is 1. The number of hydrogen-bond donors (Lipinski definition) is 2. The highest BCUT2D eigenvalue weighted by atomic mass is 19.1. The first-order valence-electron chi connectivity index (χ1n) is 14.6. The molecule has 2 aromatic carbocycles. The fourth-order valence-corrected chi connectivity index (χ4v) is 6.29. The van der Waals surface area contributed by atoms with Gasteiger partial charge in [-0.15, -0.1) is 0 Å². The first-order valence-corrected chi connectivity index (χ1v) is 14.6. The maximum Gasteiger partial charge on any atom is 0.258 e. The number of methoxy groups -OCH3 is 1. The first-order chi connectivity index (χ1) is 20.8. The number of nitrogens with zero attached hydrogens (tertiary/aromatic N) is 4. The first kappa shape index (κ1) is 27.6. The van der Waals surface area contributed by atoms with Crippen LogP contribution in [0.25, 0.3) is 22.2 Å². The summed E-state index contributed by atoms with van der Waals surface area (Å²) >= 11 is 0. The van der Waals surface area contributed by atoms with Gasteiger partial charge in [-0.25, -0.2) is 8.78 Å². The monoisotopic (exact) mass is 586 g/mol. The second-order valence-electron chi connectivity index (χ2n) is 11.7. The lowest BCUT2D eigenvalue weighted by Crippen LogP contribution is -2.48. The zero-order chi connectivity index (χ0) is 29.7. The van der Waals surface area contributed by atoms with Crippen molar-refractivity contribution in [2.24, 2.45) is 0 Å². The fourth-order valence-electron chi connectivity index (χ4n) is 6.29. The van der Waals surface area contributed by atoms with Crippen molar-refractivity contribution in [3.63, 3.8) is 0 Å². The molecule has 1 saturated carbocycles. The van der Waals surface area contributed by atoms with Crippen molar-refractivity contribution in [2.75, 3.05) is 38.6 Å². The average molecular weight is 587 g/mol. The number of amides is 2. The van der Waals surface area contributed by atoms with Gasteiger partial charge in [0.1, 0.15) is 17.3 Å². The van der Waals surface area contributed by atoms with E-state index in [9.17, 15) is 18.4 Å². The predicted octanol–water partition coefficient (Wildman–Crippen LogP) is 4.39. The number of benzene rings is 2. The molecular formula is C32H32F2N6O3. The number of aromatic nitrogens is 3. The summed E-state index contributed by atoms with van der Waals surface area (Å²) in [5.41, 5.74) is 3.75. The highest BCUT2D eigenvalue weighted by Crippen LogP contribution is 2.40. The molecule has 0 radical (unpaired) electrons. The Hall–Kier alpha value is -4.22. The summed E-state index contributed by atoms with van der Waals surface area (Å²) in [5.74, 6) is -0.910. The van der Waals surface area contributed by atoms with E-state index < -0.39 is 17.2 Å². The van der Waals surface area contributed by atoms with Gasteiger partial charge in [0, 0.05) is 73.3 Å². The van der Waals surface area contributed by atoms with Gasteiger partial charge in [0.25, 0.3) is 5.91 Å². The SMILES string of the molecule is CO[C@@]1(C(=O)Nc2ccc3[nH]nc(-c4ccnc(C5CC5)c4)c3c2)CCN(CC(=O)N2CCc3c(F)ccc(F)c3C2)C1. The molecule has 222 valence electrons. The van der Waals surface area contributed by atoms with Crippen LogP contribution in [0.1, 0.15) is 42.0 Å². The largest absolute Gasteiger partial charge is 0.367 e. The third-order valence-electron chi connectivity index (χ3n) is 9.00. The number of nitrogens with one attached hydrogen (secondary N) is 2. The highest BCUT2D eigenvalue weighted by molar-refractivity contribution is 6.01. The molecule has 1 atom stereocenters. The van der Waals surface area contributed by atoms with Crippen LogP contribution in [0.4, 0.5) is 14.5 Å². The van der Waals surface area contributed by atoms with Crippen molar-refractivity contribution in [3.8, 4) is 11.3 Å². The maximum absolute atomic E-state index is 14.3. The number of H-pyrrole nitrogens is 1. The Morgan fingerprint density at radius 2 is 1.91 bits per heavy atom. The van der Waals surface area contributed by atoms with Crippen molar-refractivity contribution < 1.29 is 23.1 Å². The molecule has 7 rings (SSSR count). The van der Waals surface area contributed by atoms with Gasteiger partial charge in [-0.05, 0) is 73.7 Å². The van der Waals surface area contributed by atoms with E-state index in [4.69, 9.17) is 4.74 Å². The maximum atomic E-state index is 14.3. The molecule has 43 heavy (non-hydrogen) atoms. The molecule has 2 amide bonds. The van der Waals surface area contributed by atoms with Crippen molar-refractivity contribution in [1.82, 2.24) is 25.0 Å². The van der Waals surface area contributed by atoms with Crippen molar-refractivity contribution in [3.05, 3.63) is 77.1 Å². The standard InChI is InChI=1S/C32H32F2N6O3/c1-43-32(10-13-39(18-32)17-29(41)40-12-9-22-24(16-40)26(34)6-5-25(22)33)31(42)36-21-4-7-27-23(15-21)30(38-37-27)20-8-11-35-28(14-20)19-2-3-19/h4-8,11,14-15,19H,2-3,9-10,12-13,16-18H2,1H3,(H,36,42)(H,37,38)/t32-/m0/s1. The number of pyridine rings is 1. The molecule has 4 aromatic rings. The van der Waals surface area contributed by atoms with E-state index in [0.717, 1.165) is 52.8 Å². The summed E-state index contributed by atoms with van der Waals surface area (Å²) in [5, 5.41) is 11.5. The molecule has 1 saturated heterocycles. The number of halogens is 2. The van der Waals surface area contributed by atoms with E-state index >= 15 is 0 Å². The topological polar surface area (TPSA) is 103 Å². The summed E-state index contributed by atoms with van der Waals surface area (Å²) in [6.45, 7) is 1.12. The zero-order valence-corrected chi connectivity index (χ0v) is 23.8. The summed E-state index contributed by atoms with van der Waals surface area (Å²) in [6.07, 6.45) is 4.81. The number of fused-ring (bicyclic) bond motifs is 2. The molecular weight excluding hydrogens is 554 g/mol. The summed E-state index contributed by atoms with van der Waals surface area (Å²) in [4.78, 5) is 34.7. The lowest BCUT2D eigenvalue weighted by molar-refractivity contribution is -0.138. The molecule has 1 aliphatic carbocycles. The molecule has 2 aliphatic heterocycles.